The Hall–Kier alpha value is -1.44. The van der Waals surface area contributed by atoms with Gasteiger partial charge in [-0.1, -0.05) is 18.2 Å². The summed E-state index contributed by atoms with van der Waals surface area (Å²) in [6.45, 7) is 0.903. The molecule has 0 unspecified atom stereocenters. The van der Waals surface area contributed by atoms with E-state index >= 15 is 0 Å². The molecule has 0 saturated heterocycles. The van der Waals surface area contributed by atoms with Gasteiger partial charge in [0.1, 0.15) is 5.75 Å². The average molecular weight is 161 g/mol. The van der Waals surface area contributed by atoms with E-state index < -0.39 is 0 Å². The zero-order valence-electron chi connectivity index (χ0n) is 7.00. The fourth-order valence-corrected chi connectivity index (χ4v) is 1.39. The van der Waals surface area contributed by atoms with Crippen LogP contribution in [0.4, 0.5) is 5.69 Å². The molecule has 1 aliphatic rings. The minimum atomic E-state index is 0.903. The molecule has 2 nitrogen and oxygen atoms in total. The van der Waals surface area contributed by atoms with Gasteiger partial charge in [0.15, 0.2) is 0 Å². The summed E-state index contributed by atoms with van der Waals surface area (Å²) in [6.07, 6.45) is 4.18. The Morgan fingerprint density at radius 2 is 2.33 bits per heavy atom. The van der Waals surface area contributed by atoms with Crippen molar-refractivity contribution < 1.29 is 4.74 Å². The molecule has 0 fully saturated rings. The van der Waals surface area contributed by atoms with Crippen molar-refractivity contribution in [3.8, 4) is 5.75 Å². The molecule has 2 rings (SSSR count). The van der Waals surface area contributed by atoms with Crippen LogP contribution < -0.4 is 10.1 Å². The van der Waals surface area contributed by atoms with Crippen LogP contribution in [-0.2, 0) is 0 Å². The van der Waals surface area contributed by atoms with Crippen molar-refractivity contribution in [2.45, 2.75) is 0 Å². The van der Waals surface area contributed by atoms with Crippen LogP contribution in [0.15, 0.2) is 24.3 Å². The lowest BCUT2D eigenvalue weighted by Crippen LogP contribution is -2.04. The van der Waals surface area contributed by atoms with Gasteiger partial charge in [0, 0.05) is 17.8 Å². The highest BCUT2D eigenvalue weighted by atomic mass is 16.5. The summed E-state index contributed by atoms with van der Waals surface area (Å²) in [5.74, 6) is 0.927. The van der Waals surface area contributed by atoms with Crippen LogP contribution in [-0.4, -0.2) is 13.7 Å². The maximum absolute atomic E-state index is 5.22. The first-order valence-electron chi connectivity index (χ1n) is 3.99. The van der Waals surface area contributed by atoms with Crippen LogP contribution in [0.1, 0.15) is 5.56 Å². The molecule has 1 heterocycles. The Morgan fingerprint density at radius 1 is 1.42 bits per heavy atom. The molecule has 1 N–H and O–H groups in total. The number of hydrogen-bond acceptors (Lipinski definition) is 2. The first-order chi connectivity index (χ1) is 5.92. The first-order valence-corrected chi connectivity index (χ1v) is 3.99. The fraction of sp³-hybridized carbons (Fsp3) is 0.200. The third-order valence-electron chi connectivity index (χ3n) is 1.98. The number of hydrogen-bond donors (Lipinski definition) is 1. The maximum atomic E-state index is 5.22. The van der Waals surface area contributed by atoms with Crippen molar-refractivity contribution in [2.75, 3.05) is 19.0 Å². The predicted octanol–water partition coefficient (Wildman–Crippen LogP) is 2.13. The Bertz CT molecular complexity index is 318. The van der Waals surface area contributed by atoms with E-state index in [0.29, 0.717) is 0 Å². The van der Waals surface area contributed by atoms with Crippen molar-refractivity contribution in [3.05, 3.63) is 29.8 Å². The molecule has 0 aliphatic carbocycles. The normalized spacial score (nSPS) is 13.4. The molecular formula is C10H11NO. The molecule has 0 amide bonds. The summed E-state index contributed by atoms with van der Waals surface area (Å²) < 4.78 is 5.22. The van der Waals surface area contributed by atoms with Gasteiger partial charge in [-0.05, 0) is 12.1 Å². The second-order valence-corrected chi connectivity index (χ2v) is 2.70. The second kappa shape index (κ2) is 2.89. The number of anilines is 1. The predicted molar refractivity (Wildman–Crippen MR) is 50.5 cm³/mol. The number of methoxy groups -OCH3 is 1. The molecule has 1 aliphatic heterocycles. The van der Waals surface area contributed by atoms with Gasteiger partial charge in [-0.3, -0.25) is 0 Å². The zero-order valence-corrected chi connectivity index (χ0v) is 7.00. The third-order valence-corrected chi connectivity index (χ3v) is 1.98. The molecule has 1 aromatic carbocycles. The Balaban J connectivity index is 2.54. The van der Waals surface area contributed by atoms with Gasteiger partial charge in [0.2, 0.25) is 0 Å². The molecule has 1 aromatic rings. The lowest BCUT2D eigenvalue weighted by atomic mass is 10.1. The highest BCUT2D eigenvalue weighted by Gasteiger charge is 2.07. The fourth-order valence-electron chi connectivity index (χ4n) is 1.39. The minimum absolute atomic E-state index is 0.903. The van der Waals surface area contributed by atoms with E-state index in [1.54, 1.807) is 7.11 Å². The molecule has 0 spiro atoms. The molecule has 0 atom stereocenters. The second-order valence-electron chi connectivity index (χ2n) is 2.70. The molecule has 0 bridgehead atoms. The number of fused-ring (bicyclic) bond motifs is 1. The van der Waals surface area contributed by atoms with E-state index in [2.05, 4.69) is 23.5 Å². The summed E-state index contributed by atoms with van der Waals surface area (Å²) >= 11 is 0. The lowest BCUT2D eigenvalue weighted by Gasteiger charge is -2.15. The van der Waals surface area contributed by atoms with E-state index in [1.165, 1.54) is 0 Å². The Morgan fingerprint density at radius 3 is 3.17 bits per heavy atom. The molecule has 2 heteroatoms. The Kier molecular flexibility index (Phi) is 1.74. The summed E-state index contributed by atoms with van der Waals surface area (Å²) in [5.41, 5.74) is 2.29. The zero-order chi connectivity index (χ0) is 8.39. The molecule has 62 valence electrons. The number of nitrogens with one attached hydrogen (secondary N) is 1. The third kappa shape index (κ3) is 1.05. The Labute approximate surface area is 71.9 Å². The lowest BCUT2D eigenvalue weighted by molar-refractivity contribution is 0.414. The van der Waals surface area contributed by atoms with E-state index in [4.69, 9.17) is 4.74 Å². The van der Waals surface area contributed by atoms with Crippen LogP contribution in [0.3, 0.4) is 0 Å². The largest absolute Gasteiger partial charge is 0.496 e. The SMILES string of the molecule is COc1cccc2c1C=CCN2. The summed E-state index contributed by atoms with van der Waals surface area (Å²) in [7, 11) is 1.69. The van der Waals surface area contributed by atoms with Crippen LogP contribution in [0, 0.1) is 0 Å². The van der Waals surface area contributed by atoms with Gasteiger partial charge < -0.3 is 10.1 Å². The maximum Gasteiger partial charge on any atom is 0.128 e. The number of benzene rings is 1. The van der Waals surface area contributed by atoms with Crippen LogP contribution >= 0.6 is 0 Å². The van der Waals surface area contributed by atoms with E-state index in [-0.39, 0.29) is 0 Å². The van der Waals surface area contributed by atoms with E-state index in [9.17, 15) is 0 Å². The highest BCUT2D eigenvalue weighted by molar-refractivity contribution is 5.74. The quantitative estimate of drug-likeness (QED) is 0.681. The van der Waals surface area contributed by atoms with E-state index in [1.807, 2.05) is 12.1 Å². The van der Waals surface area contributed by atoms with Crippen molar-refractivity contribution in [3.63, 3.8) is 0 Å². The summed E-state index contributed by atoms with van der Waals surface area (Å²) in [6, 6.07) is 6.02. The van der Waals surface area contributed by atoms with Gasteiger partial charge >= 0.3 is 0 Å². The van der Waals surface area contributed by atoms with Crippen molar-refractivity contribution in [2.24, 2.45) is 0 Å². The molecular weight excluding hydrogens is 150 g/mol. The van der Waals surface area contributed by atoms with Crippen molar-refractivity contribution >= 4 is 11.8 Å². The van der Waals surface area contributed by atoms with Gasteiger partial charge in [-0.25, -0.2) is 0 Å². The van der Waals surface area contributed by atoms with Crippen molar-refractivity contribution in [1.29, 1.82) is 0 Å². The summed E-state index contributed by atoms with van der Waals surface area (Å²) in [5, 5.41) is 3.27. The topological polar surface area (TPSA) is 21.3 Å². The van der Waals surface area contributed by atoms with Crippen molar-refractivity contribution in [1.82, 2.24) is 0 Å². The molecule has 12 heavy (non-hydrogen) atoms. The van der Waals surface area contributed by atoms with Crippen LogP contribution in [0.2, 0.25) is 0 Å². The molecule has 0 saturated carbocycles. The van der Waals surface area contributed by atoms with Crippen LogP contribution in [0.25, 0.3) is 6.08 Å². The molecule has 0 radical (unpaired) electrons. The monoisotopic (exact) mass is 161 g/mol. The number of rotatable bonds is 1. The first kappa shape index (κ1) is 7.22. The minimum Gasteiger partial charge on any atom is -0.496 e. The van der Waals surface area contributed by atoms with E-state index in [0.717, 1.165) is 23.5 Å². The summed E-state index contributed by atoms with van der Waals surface area (Å²) in [4.78, 5) is 0. The number of ether oxygens (including phenoxy) is 1. The van der Waals surface area contributed by atoms with Gasteiger partial charge in [-0.15, -0.1) is 0 Å². The van der Waals surface area contributed by atoms with Gasteiger partial charge in [0.05, 0.1) is 7.11 Å². The van der Waals surface area contributed by atoms with Crippen LogP contribution in [0.5, 0.6) is 5.75 Å². The highest BCUT2D eigenvalue weighted by Crippen LogP contribution is 2.29. The standard InChI is InChI=1S/C10H11NO/c1-12-10-6-2-5-9-8(10)4-3-7-11-9/h2-6,11H,7H2,1H3. The van der Waals surface area contributed by atoms with Gasteiger partial charge in [0.25, 0.3) is 0 Å². The van der Waals surface area contributed by atoms with Gasteiger partial charge in [-0.2, -0.15) is 0 Å². The average Bonchev–Trinajstić information content (AvgIpc) is 2.17. The smallest absolute Gasteiger partial charge is 0.128 e. The molecule has 0 aromatic heterocycles.